The van der Waals surface area contributed by atoms with Crippen molar-refractivity contribution in [1.29, 1.82) is 0 Å². The Bertz CT molecular complexity index is 399. The first-order valence-electron chi connectivity index (χ1n) is 5.24. The third kappa shape index (κ3) is 3.51. The Morgan fingerprint density at radius 1 is 1.56 bits per heavy atom. The molecule has 0 saturated carbocycles. The summed E-state index contributed by atoms with van der Waals surface area (Å²) in [6.45, 7) is 5.80. The molecule has 0 radical (unpaired) electrons. The highest BCUT2D eigenvalue weighted by atomic mass is 16.4. The normalized spacial score (nSPS) is 12.1. The van der Waals surface area contributed by atoms with Gasteiger partial charge >= 0.3 is 5.97 Å². The molecule has 3 heteroatoms. The summed E-state index contributed by atoms with van der Waals surface area (Å²) in [5.74, 6) is -0.813. The van der Waals surface area contributed by atoms with Gasteiger partial charge in [-0.1, -0.05) is 30.4 Å². The zero-order valence-corrected chi connectivity index (χ0v) is 9.44. The smallest absolute Gasteiger partial charge is 0.303 e. The van der Waals surface area contributed by atoms with Crippen LogP contribution in [-0.2, 0) is 4.79 Å². The molecule has 1 rings (SSSR count). The highest BCUT2D eigenvalue weighted by molar-refractivity contribution is 5.66. The van der Waals surface area contributed by atoms with Gasteiger partial charge in [0.1, 0.15) is 0 Å². The van der Waals surface area contributed by atoms with Crippen LogP contribution in [0.3, 0.4) is 0 Å². The number of aliphatic carboxylic acids is 1. The van der Waals surface area contributed by atoms with Gasteiger partial charge in [0.25, 0.3) is 0 Å². The lowest BCUT2D eigenvalue weighted by Gasteiger charge is -2.12. The van der Waals surface area contributed by atoms with Crippen LogP contribution in [0.5, 0.6) is 0 Å². The van der Waals surface area contributed by atoms with Crippen molar-refractivity contribution in [2.24, 2.45) is 5.73 Å². The minimum absolute atomic E-state index is 0.0957. The van der Waals surface area contributed by atoms with E-state index in [4.69, 9.17) is 10.8 Å². The van der Waals surface area contributed by atoms with Crippen LogP contribution in [-0.4, -0.2) is 11.1 Å². The quantitative estimate of drug-likeness (QED) is 0.800. The molecule has 0 saturated heterocycles. The molecule has 3 nitrogen and oxygen atoms in total. The zero-order chi connectivity index (χ0) is 12.1. The molecule has 0 heterocycles. The van der Waals surface area contributed by atoms with Gasteiger partial charge in [-0.15, -0.1) is 0 Å². The molecule has 1 aromatic carbocycles. The molecular formula is C13H17NO2. The van der Waals surface area contributed by atoms with Crippen molar-refractivity contribution in [2.75, 3.05) is 0 Å². The van der Waals surface area contributed by atoms with E-state index in [2.05, 4.69) is 6.58 Å². The van der Waals surface area contributed by atoms with Crippen molar-refractivity contribution in [3.63, 3.8) is 0 Å². The summed E-state index contributed by atoms with van der Waals surface area (Å²) in [7, 11) is 0. The molecule has 0 spiro atoms. The Kier molecular flexibility index (Phi) is 4.26. The molecule has 0 aromatic heterocycles. The second kappa shape index (κ2) is 5.47. The molecule has 86 valence electrons. The lowest BCUT2D eigenvalue weighted by Crippen LogP contribution is -2.12. The fraction of sp³-hybridized carbons (Fsp3) is 0.308. The summed E-state index contributed by atoms with van der Waals surface area (Å²) in [6, 6.07) is 7.54. The Morgan fingerprint density at radius 2 is 2.25 bits per heavy atom. The molecule has 16 heavy (non-hydrogen) atoms. The van der Waals surface area contributed by atoms with E-state index >= 15 is 0 Å². The van der Waals surface area contributed by atoms with E-state index in [0.29, 0.717) is 6.42 Å². The summed E-state index contributed by atoms with van der Waals surface area (Å²) >= 11 is 0. The minimum atomic E-state index is -0.813. The standard InChI is InChI=1S/C13H17NO2/c1-9(2)10-4-3-5-11(8-10)12(14)6-7-13(15)16/h3-5,8,12H,1,6-7,14H2,2H3,(H,15,16). The SMILES string of the molecule is C=C(C)c1cccc(C(N)CCC(=O)O)c1. The molecule has 0 fully saturated rings. The fourth-order valence-corrected chi connectivity index (χ4v) is 1.48. The van der Waals surface area contributed by atoms with Gasteiger partial charge in [0, 0.05) is 12.5 Å². The Balaban J connectivity index is 2.75. The minimum Gasteiger partial charge on any atom is -0.481 e. The van der Waals surface area contributed by atoms with Crippen LogP contribution >= 0.6 is 0 Å². The molecule has 1 atom stereocenters. The molecule has 0 aliphatic rings. The summed E-state index contributed by atoms with van der Waals surface area (Å²) < 4.78 is 0. The number of nitrogens with two attached hydrogens (primary N) is 1. The van der Waals surface area contributed by atoms with E-state index < -0.39 is 5.97 Å². The van der Waals surface area contributed by atoms with E-state index in [0.717, 1.165) is 16.7 Å². The Morgan fingerprint density at radius 3 is 2.81 bits per heavy atom. The van der Waals surface area contributed by atoms with Gasteiger partial charge < -0.3 is 10.8 Å². The number of hydrogen-bond donors (Lipinski definition) is 2. The summed E-state index contributed by atoms with van der Waals surface area (Å²) in [4.78, 5) is 10.4. The van der Waals surface area contributed by atoms with Gasteiger partial charge in [-0.25, -0.2) is 0 Å². The predicted octanol–water partition coefficient (Wildman–Crippen LogP) is 2.58. The van der Waals surface area contributed by atoms with E-state index in [1.54, 1.807) is 0 Å². The van der Waals surface area contributed by atoms with E-state index in [-0.39, 0.29) is 12.5 Å². The highest BCUT2D eigenvalue weighted by Crippen LogP contribution is 2.20. The van der Waals surface area contributed by atoms with Gasteiger partial charge in [0.2, 0.25) is 0 Å². The fourth-order valence-electron chi connectivity index (χ4n) is 1.48. The maximum absolute atomic E-state index is 10.4. The summed E-state index contributed by atoms with van der Waals surface area (Å²) in [6.07, 6.45) is 0.549. The van der Waals surface area contributed by atoms with Crippen LogP contribution < -0.4 is 5.73 Å². The van der Waals surface area contributed by atoms with Crippen molar-refractivity contribution < 1.29 is 9.90 Å². The first kappa shape index (κ1) is 12.5. The molecule has 3 N–H and O–H groups in total. The predicted molar refractivity (Wildman–Crippen MR) is 64.9 cm³/mol. The first-order chi connectivity index (χ1) is 7.50. The van der Waals surface area contributed by atoms with Crippen LogP contribution in [0.25, 0.3) is 5.57 Å². The Hall–Kier alpha value is -1.61. The second-order valence-electron chi connectivity index (χ2n) is 3.94. The average molecular weight is 219 g/mol. The van der Waals surface area contributed by atoms with Crippen molar-refractivity contribution in [3.05, 3.63) is 42.0 Å². The average Bonchev–Trinajstić information content (AvgIpc) is 2.26. The third-order valence-corrected chi connectivity index (χ3v) is 2.48. The van der Waals surface area contributed by atoms with Crippen molar-refractivity contribution in [1.82, 2.24) is 0 Å². The maximum Gasteiger partial charge on any atom is 0.303 e. The van der Waals surface area contributed by atoms with Gasteiger partial charge in [0.05, 0.1) is 0 Å². The second-order valence-corrected chi connectivity index (χ2v) is 3.94. The zero-order valence-electron chi connectivity index (χ0n) is 9.44. The van der Waals surface area contributed by atoms with Crippen molar-refractivity contribution >= 4 is 11.5 Å². The number of allylic oxidation sites excluding steroid dienone is 1. The number of carbonyl (C=O) groups is 1. The first-order valence-corrected chi connectivity index (χ1v) is 5.24. The molecule has 1 unspecified atom stereocenters. The number of carboxylic acid groups (broad SMARTS) is 1. The summed E-state index contributed by atoms with van der Waals surface area (Å²) in [5.41, 5.74) is 8.90. The van der Waals surface area contributed by atoms with Gasteiger partial charge in [-0.2, -0.15) is 0 Å². The van der Waals surface area contributed by atoms with E-state index in [1.165, 1.54) is 0 Å². The largest absolute Gasteiger partial charge is 0.481 e. The monoisotopic (exact) mass is 219 g/mol. The van der Waals surface area contributed by atoms with Crippen LogP contribution in [0.4, 0.5) is 0 Å². The number of hydrogen-bond acceptors (Lipinski definition) is 2. The number of carboxylic acids is 1. The van der Waals surface area contributed by atoms with E-state index in [1.807, 2.05) is 31.2 Å². The third-order valence-electron chi connectivity index (χ3n) is 2.48. The molecule has 0 aliphatic carbocycles. The number of rotatable bonds is 5. The molecule has 1 aromatic rings. The molecule has 0 amide bonds. The maximum atomic E-state index is 10.4. The Labute approximate surface area is 95.6 Å². The molecule has 0 bridgehead atoms. The van der Waals surface area contributed by atoms with E-state index in [9.17, 15) is 4.79 Å². The van der Waals surface area contributed by atoms with Crippen LogP contribution in [0, 0.1) is 0 Å². The topological polar surface area (TPSA) is 63.3 Å². The number of benzene rings is 1. The molecule has 0 aliphatic heterocycles. The lowest BCUT2D eigenvalue weighted by molar-refractivity contribution is -0.137. The van der Waals surface area contributed by atoms with Gasteiger partial charge in [-0.05, 0) is 30.5 Å². The van der Waals surface area contributed by atoms with Crippen LogP contribution in [0.2, 0.25) is 0 Å². The molecular weight excluding hydrogens is 202 g/mol. The van der Waals surface area contributed by atoms with Crippen LogP contribution in [0.15, 0.2) is 30.8 Å². The summed E-state index contributed by atoms with van der Waals surface area (Å²) in [5, 5.41) is 8.58. The van der Waals surface area contributed by atoms with Crippen molar-refractivity contribution in [3.8, 4) is 0 Å². The van der Waals surface area contributed by atoms with Gasteiger partial charge in [-0.3, -0.25) is 4.79 Å². The van der Waals surface area contributed by atoms with Gasteiger partial charge in [0.15, 0.2) is 0 Å². The highest BCUT2D eigenvalue weighted by Gasteiger charge is 2.08. The van der Waals surface area contributed by atoms with Crippen LogP contribution in [0.1, 0.15) is 36.9 Å². The lowest BCUT2D eigenvalue weighted by atomic mass is 9.99. The van der Waals surface area contributed by atoms with Crippen molar-refractivity contribution in [2.45, 2.75) is 25.8 Å².